The summed E-state index contributed by atoms with van der Waals surface area (Å²) >= 11 is 0. The molecule has 0 bridgehead atoms. The maximum Gasteiger partial charge on any atom is 0.203 e. The van der Waals surface area contributed by atoms with E-state index in [2.05, 4.69) is 15.6 Å². The second kappa shape index (κ2) is 12.9. The van der Waals surface area contributed by atoms with Gasteiger partial charge in [-0.25, -0.2) is 0 Å². The molecular formula is C20H34IN3O3. The van der Waals surface area contributed by atoms with Crippen molar-refractivity contribution >= 4 is 29.9 Å². The van der Waals surface area contributed by atoms with Crippen LogP contribution in [0.3, 0.4) is 0 Å². The molecule has 0 radical (unpaired) electrons. The molecule has 1 aliphatic rings. The molecule has 1 saturated carbocycles. The summed E-state index contributed by atoms with van der Waals surface area (Å²) in [7, 11) is 6.66. The molecule has 2 N–H and O–H groups in total. The lowest BCUT2D eigenvalue weighted by Crippen LogP contribution is -2.37. The molecule has 1 aliphatic carbocycles. The number of methoxy groups -OCH3 is 3. The Balaban J connectivity index is 0.00000364. The number of guanidine groups is 1. The van der Waals surface area contributed by atoms with Crippen LogP contribution in [-0.4, -0.2) is 40.9 Å². The Morgan fingerprint density at radius 2 is 1.74 bits per heavy atom. The molecule has 1 fully saturated rings. The van der Waals surface area contributed by atoms with Gasteiger partial charge in [0.15, 0.2) is 17.5 Å². The van der Waals surface area contributed by atoms with Gasteiger partial charge in [0.05, 0.1) is 21.3 Å². The molecule has 0 unspecified atom stereocenters. The molecule has 2 rings (SSSR count). The van der Waals surface area contributed by atoms with Gasteiger partial charge >= 0.3 is 0 Å². The molecule has 154 valence electrons. The average molecular weight is 491 g/mol. The van der Waals surface area contributed by atoms with Crippen molar-refractivity contribution in [1.29, 1.82) is 0 Å². The summed E-state index contributed by atoms with van der Waals surface area (Å²) in [4.78, 5) is 4.30. The minimum atomic E-state index is 0. The largest absolute Gasteiger partial charge is 0.493 e. The SMILES string of the molecule is CN=C(NCCCC1CCCC1)NCc1ccc(OC)c(OC)c1OC.I. The number of rotatable bonds is 9. The van der Waals surface area contributed by atoms with Crippen LogP contribution in [0.15, 0.2) is 17.1 Å². The Morgan fingerprint density at radius 3 is 2.33 bits per heavy atom. The lowest BCUT2D eigenvalue weighted by Gasteiger charge is -2.17. The van der Waals surface area contributed by atoms with Crippen LogP contribution in [-0.2, 0) is 6.54 Å². The van der Waals surface area contributed by atoms with Gasteiger partial charge in [-0.2, -0.15) is 0 Å². The van der Waals surface area contributed by atoms with Crippen molar-refractivity contribution < 1.29 is 14.2 Å². The van der Waals surface area contributed by atoms with Crippen molar-refractivity contribution in [2.24, 2.45) is 10.9 Å². The molecule has 0 atom stereocenters. The van der Waals surface area contributed by atoms with Gasteiger partial charge in [-0.1, -0.05) is 25.7 Å². The smallest absolute Gasteiger partial charge is 0.203 e. The lowest BCUT2D eigenvalue weighted by molar-refractivity contribution is 0.322. The first-order valence-electron chi connectivity index (χ1n) is 9.45. The Labute approximate surface area is 180 Å². The van der Waals surface area contributed by atoms with E-state index in [1.165, 1.54) is 38.5 Å². The highest BCUT2D eigenvalue weighted by Crippen LogP contribution is 2.39. The van der Waals surface area contributed by atoms with Crippen molar-refractivity contribution in [2.75, 3.05) is 34.9 Å². The van der Waals surface area contributed by atoms with E-state index >= 15 is 0 Å². The first-order valence-corrected chi connectivity index (χ1v) is 9.45. The highest BCUT2D eigenvalue weighted by molar-refractivity contribution is 14.0. The standard InChI is InChI=1S/C20H33N3O3.HI/c1-21-20(22-13-7-10-15-8-5-6-9-15)23-14-16-11-12-17(24-2)19(26-4)18(16)25-3;/h11-12,15H,5-10,13-14H2,1-4H3,(H2,21,22,23);1H. The molecule has 0 spiro atoms. The molecule has 6 nitrogen and oxygen atoms in total. The number of hydrogen-bond acceptors (Lipinski definition) is 4. The lowest BCUT2D eigenvalue weighted by atomic mass is 10.0. The van der Waals surface area contributed by atoms with Crippen LogP contribution in [0.25, 0.3) is 0 Å². The minimum Gasteiger partial charge on any atom is -0.493 e. The number of aliphatic imine (C=N–C) groups is 1. The van der Waals surface area contributed by atoms with Crippen molar-refractivity contribution in [3.63, 3.8) is 0 Å². The van der Waals surface area contributed by atoms with Crippen molar-refractivity contribution in [1.82, 2.24) is 10.6 Å². The molecule has 1 aromatic rings. The number of nitrogens with zero attached hydrogens (tertiary/aromatic N) is 1. The molecule has 7 heteroatoms. The second-order valence-electron chi connectivity index (χ2n) is 6.64. The van der Waals surface area contributed by atoms with Crippen LogP contribution in [0, 0.1) is 5.92 Å². The Bertz CT molecular complexity index is 590. The molecule has 0 amide bonds. The van der Waals surface area contributed by atoms with Crippen molar-refractivity contribution in [3.8, 4) is 17.2 Å². The van der Waals surface area contributed by atoms with Gasteiger partial charge in [0.25, 0.3) is 0 Å². The summed E-state index contributed by atoms with van der Waals surface area (Å²) in [5.74, 6) is 3.67. The van der Waals surface area contributed by atoms with Crippen molar-refractivity contribution in [2.45, 2.75) is 45.1 Å². The summed E-state index contributed by atoms with van der Waals surface area (Å²) in [5.41, 5.74) is 0.985. The van der Waals surface area contributed by atoms with Gasteiger partial charge in [0, 0.05) is 25.7 Å². The third-order valence-corrected chi connectivity index (χ3v) is 5.01. The van der Waals surface area contributed by atoms with Crippen molar-refractivity contribution in [3.05, 3.63) is 17.7 Å². The number of ether oxygens (including phenoxy) is 3. The third-order valence-electron chi connectivity index (χ3n) is 5.01. The Hall–Kier alpha value is -1.38. The highest BCUT2D eigenvalue weighted by Gasteiger charge is 2.16. The first kappa shape index (κ1) is 23.7. The fourth-order valence-electron chi connectivity index (χ4n) is 3.60. The van der Waals surface area contributed by atoms with Gasteiger partial charge in [0.2, 0.25) is 5.75 Å². The summed E-state index contributed by atoms with van der Waals surface area (Å²) in [6, 6.07) is 3.86. The van der Waals surface area contributed by atoms with Gasteiger partial charge in [-0.15, -0.1) is 24.0 Å². The number of halogens is 1. The number of hydrogen-bond donors (Lipinski definition) is 2. The molecule has 1 aromatic carbocycles. The van der Waals surface area contributed by atoms with E-state index in [9.17, 15) is 0 Å². The number of benzene rings is 1. The van der Waals surface area contributed by atoms with Crippen LogP contribution in [0.1, 0.15) is 44.1 Å². The maximum absolute atomic E-state index is 5.53. The first-order chi connectivity index (χ1) is 12.7. The maximum atomic E-state index is 5.53. The molecule has 0 heterocycles. The van der Waals surface area contributed by atoms with E-state index in [1.807, 2.05) is 12.1 Å². The summed E-state index contributed by atoms with van der Waals surface area (Å²) < 4.78 is 16.3. The fraction of sp³-hybridized carbons (Fsp3) is 0.650. The second-order valence-corrected chi connectivity index (χ2v) is 6.64. The third kappa shape index (κ3) is 6.93. The molecular weight excluding hydrogens is 457 g/mol. The fourth-order valence-corrected chi connectivity index (χ4v) is 3.60. The van der Waals surface area contributed by atoms with Crippen LogP contribution in [0.5, 0.6) is 17.2 Å². The average Bonchev–Trinajstić information content (AvgIpc) is 3.19. The zero-order valence-corrected chi connectivity index (χ0v) is 19.3. The molecule has 0 aromatic heterocycles. The van der Waals surface area contributed by atoms with E-state index in [0.29, 0.717) is 23.8 Å². The van der Waals surface area contributed by atoms with Gasteiger partial charge in [-0.05, 0) is 30.9 Å². The predicted octanol–water partition coefficient (Wildman–Crippen LogP) is 3.97. The van der Waals surface area contributed by atoms with E-state index in [4.69, 9.17) is 14.2 Å². The topological polar surface area (TPSA) is 64.1 Å². The zero-order valence-electron chi connectivity index (χ0n) is 17.0. The molecule has 0 aliphatic heterocycles. The van der Waals surface area contributed by atoms with E-state index in [1.54, 1.807) is 28.4 Å². The monoisotopic (exact) mass is 491 g/mol. The van der Waals surface area contributed by atoms with Gasteiger partial charge in [0.1, 0.15) is 0 Å². The minimum absolute atomic E-state index is 0. The molecule has 27 heavy (non-hydrogen) atoms. The summed E-state index contributed by atoms with van der Waals surface area (Å²) in [5, 5.41) is 6.73. The molecule has 0 saturated heterocycles. The zero-order chi connectivity index (χ0) is 18.8. The Morgan fingerprint density at radius 1 is 1.04 bits per heavy atom. The highest BCUT2D eigenvalue weighted by atomic mass is 127. The van der Waals surface area contributed by atoms with Crippen LogP contribution in [0.4, 0.5) is 0 Å². The summed E-state index contributed by atoms with van der Waals surface area (Å²) in [6.45, 7) is 1.53. The van der Waals surface area contributed by atoms with E-state index in [0.717, 1.165) is 24.0 Å². The van der Waals surface area contributed by atoms with E-state index in [-0.39, 0.29) is 24.0 Å². The van der Waals surface area contributed by atoms with Crippen LogP contribution < -0.4 is 24.8 Å². The Kier molecular flexibility index (Phi) is 11.3. The quantitative estimate of drug-likeness (QED) is 0.237. The number of nitrogens with one attached hydrogen (secondary N) is 2. The van der Waals surface area contributed by atoms with Crippen LogP contribution in [0.2, 0.25) is 0 Å². The normalized spacial score (nSPS) is 14.4. The van der Waals surface area contributed by atoms with Gasteiger partial charge in [-0.3, -0.25) is 4.99 Å². The predicted molar refractivity (Wildman–Crippen MR) is 121 cm³/mol. The summed E-state index contributed by atoms with van der Waals surface area (Å²) in [6.07, 6.45) is 8.14. The van der Waals surface area contributed by atoms with Crippen LogP contribution >= 0.6 is 24.0 Å². The van der Waals surface area contributed by atoms with E-state index < -0.39 is 0 Å². The van der Waals surface area contributed by atoms with Gasteiger partial charge < -0.3 is 24.8 Å².